The molecule has 3 aromatic rings. The van der Waals surface area contributed by atoms with Gasteiger partial charge in [0.15, 0.2) is 5.16 Å². The summed E-state index contributed by atoms with van der Waals surface area (Å²) in [5.41, 5.74) is 3.45. The Bertz CT molecular complexity index is 1160. The highest BCUT2D eigenvalue weighted by atomic mass is 35.5. The highest BCUT2D eigenvalue weighted by Crippen LogP contribution is 2.22. The number of halogens is 1. The van der Waals surface area contributed by atoms with Crippen molar-refractivity contribution in [3.05, 3.63) is 77.1 Å². The second kappa shape index (κ2) is 11.7. The van der Waals surface area contributed by atoms with Crippen molar-refractivity contribution in [1.82, 2.24) is 14.8 Å². The van der Waals surface area contributed by atoms with Crippen LogP contribution in [0.5, 0.6) is 0 Å². The Labute approximate surface area is 202 Å². The fourth-order valence-electron chi connectivity index (χ4n) is 3.20. The van der Waals surface area contributed by atoms with Crippen LogP contribution in [0.15, 0.2) is 60.3 Å². The van der Waals surface area contributed by atoms with E-state index in [1.54, 1.807) is 22.8 Å². The molecule has 1 aromatic heterocycles. The van der Waals surface area contributed by atoms with Crippen molar-refractivity contribution in [1.29, 1.82) is 0 Å². The third-order valence-corrected chi connectivity index (χ3v) is 6.10. The predicted molar refractivity (Wildman–Crippen MR) is 134 cm³/mol. The first-order chi connectivity index (χ1) is 15.9. The number of anilines is 2. The second-order valence-electron chi connectivity index (χ2n) is 7.33. The number of nitrogens with zero attached hydrogens (tertiary/aromatic N) is 3. The van der Waals surface area contributed by atoms with E-state index in [1.165, 1.54) is 11.8 Å². The van der Waals surface area contributed by atoms with Crippen LogP contribution in [0.2, 0.25) is 5.02 Å². The quantitative estimate of drug-likeness (QED) is 0.316. The maximum atomic E-state index is 12.6. The smallest absolute Gasteiger partial charge is 0.234 e. The average molecular weight is 484 g/mol. The number of aryl methyl sites for hydroxylation is 2. The van der Waals surface area contributed by atoms with Gasteiger partial charge in [-0.1, -0.05) is 60.6 Å². The molecule has 2 amide bonds. The van der Waals surface area contributed by atoms with E-state index in [0.717, 1.165) is 23.2 Å². The number of amides is 2. The monoisotopic (exact) mass is 483 g/mol. The van der Waals surface area contributed by atoms with Crippen molar-refractivity contribution in [3.8, 4) is 0 Å². The topological polar surface area (TPSA) is 88.9 Å². The summed E-state index contributed by atoms with van der Waals surface area (Å²) in [6.45, 7) is 8.15. The Balaban J connectivity index is 1.65. The molecule has 33 heavy (non-hydrogen) atoms. The molecule has 0 bridgehead atoms. The minimum absolute atomic E-state index is 0.0629. The first kappa shape index (κ1) is 24.5. The van der Waals surface area contributed by atoms with Crippen molar-refractivity contribution in [2.24, 2.45) is 0 Å². The molecule has 0 atom stereocenters. The Morgan fingerprint density at radius 2 is 1.88 bits per heavy atom. The van der Waals surface area contributed by atoms with E-state index in [-0.39, 0.29) is 24.0 Å². The van der Waals surface area contributed by atoms with Gasteiger partial charge in [-0.2, -0.15) is 0 Å². The Hall–Kier alpha value is -3.10. The van der Waals surface area contributed by atoms with Gasteiger partial charge in [0.25, 0.3) is 0 Å². The summed E-state index contributed by atoms with van der Waals surface area (Å²) in [5.74, 6) is 0.278. The summed E-state index contributed by atoms with van der Waals surface area (Å²) < 4.78 is 1.79. The standard InChI is InChI=1S/C24H26ClN5O2S/c1-4-12-30-21(14-22(31)26-19-9-7-6-8-17(19)5-2)28-29-24(30)33-15-23(32)27-20-13-18(25)11-10-16(20)3/h4,6-11,13H,1,5,12,14-15H2,2-3H3,(H,26,31)(H,27,32). The van der Waals surface area contributed by atoms with Crippen LogP contribution in [0.4, 0.5) is 11.4 Å². The molecule has 0 radical (unpaired) electrons. The van der Waals surface area contributed by atoms with Crippen LogP contribution in [0, 0.1) is 6.92 Å². The summed E-state index contributed by atoms with van der Waals surface area (Å²) in [6, 6.07) is 13.0. The van der Waals surface area contributed by atoms with Gasteiger partial charge < -0.3 is 15.2 Å². The highest BCUT2D eigenvalue weighted by Gasteiger charge is 2.17. The molecule has 0 saturated heterocycles. The van der Waals surface area contributed by atoms with Gasteiger partial charge in [-0.3, -0.25) is 9.59 Å². The van der Waals surface area contributed by atoms with Crippen LogP contribution in [0.25, 0.3) is 0 Å². The van der Waals surface area contributed by atoms with Crippen LogP contribution in [-0.4, -0.2) is 32.3 Å². The van der Waals surface area contributed by atoms with E-state index in [9.17, 15) is 9.59 Å². The molecule has 2 N–H and O–H groups in total. The molecule has 0 unspecified atom stereocenters. The fourth-order valence-corrected chi connectivity index (χ4v) is 4.14. The van der Waals surface area contributed by atoms with Gasteiger partial charge in [-0.25, -0.2) is 0 Å². The summed E-state index contributed by atoms with van der Waals surface area (Å²) in [6.07, 6.45) is 2.59. The van der Waals surface area contributed by atoms with Crippen LogP contribution in [0.3, 0.4) is 0 Å². The lowest BCUT2D eigenvalue weighted by Crippen LogP contribution is -2.19. The van der Waals surface area contributed by atoms with Gasteiger partial charge in [0.05, 0.1) is 12.2 Å². The molecule has 0 aliphatic heterocycles. The molecule has 9 heteroatoms. The van der Waals surface area contributed by atoms with Gasteiger partial charge >= 0.3 is 0 Å². The molecule has 0 spiro atoms. The SMILES string of the molecule is C=CCn1c(CC(=O)Nc2ccccc2CC)nnc1SCC(=O)Nc1cc(Cl)ccc1C. The summed E-state index contributed by atoms with van der Waals surface area (Å²) >= 11 is 7.27. The lowest BCUT2D eigenvalue weighted by molar-refractivity contribution is -0.116. The van der Waals surface area contributed by atoms with E-state index < -0.39 is 0 Å². The minimum Gasteiger partial charge on any atom is -0.325 e. The Morgan fingerprint density at radius 3 is 2.64 bits per heavy atom. The molecule has 3 rings (SSSR count). The molecule has 0 aliphatic rings. The van der Waals surface area contributed by atoms with E-state index in [2.05, 4.69) is 27.4 Å². The molecule has 172 valence electrons. The Kier molecular flexibility index (Phi) is 8.68. The van der Waals surface area contributed by atoms with Gasteiger partial charge in [0.1, 0.15) is 5.82 Å². The van der Waals surface area contributed by atoms with E-state index >= 15 is 0 Å². The van der Waals surface area contributed by atoms with Crippen LogP contribution < -0.4 is 10.6 Å². The molecule has 0 saturated carbocycles. The number of carbonyl (C=O) groups excluding carboxylic acids is 2. The second-order valence-corrected chi connectivity index (χ2v) is 8.71. The number of carbonyl (C=O) groups is 2. The van der Waals surface area contributed by atoms with Crippen LogP contribution in [0.1, 0.15) is 23.9 Å². The lowest BCUT2D eigenvalue weighted by atomic mass is 10.1. The summed E-state index contributed by atoms with van der Waals surface area (Å²) in [4.78, 5) is 25.1. The van der Waals surface area contributed by atoms with Gasteiger partial charge in [0.2, 0.25) is 11.8 Å². The van der Waals surface area contributed by atoms with Crippen molar-refractivity contribution < 1.29 is 9.59 Å². The first-order valence-corrected chi connectivity index (χ1v) is 11.9. The number of hydrogen-bond donors (Lipinski definition) is 2. The zero-order valence-electron chi connectivity index (χ0n) is 18.6. The summed E-state index contributed by atoms with van der Waals surface area (Å²) in [5, 5.41) is 15.3. The highest BCUT2D eigenvalue weighted by molar-refractivity contribution is 7.99. The Morgan fingerprint density at radius 1 is 1.12 bits per heavy atom. The number of hydrogen-bond acceptors (Lipinski definition) is 5. The zero-order valence-corrected chi connectivity index (χ0v) is 20.2. The van der Waals surface area contributed by atoms with E-state index in [1.807, 2.05) is 44.2 Å². The molecule has 1 heterocycles. The number of rotatable bonds is 10. The average Bonchev–Trinajstić information content (AvgIpc) is 3.16. The number of thioether (sulfide) groups is 1. The van der Waals surface area contributed by atoms with E-state index in [4.69, 9.17) is 11.6 Å². The number of para-hydroxylation sites is 1. The normalized spacial score (nSPS) is 10.6. The minimum atomic E-state index is -0.186. The first-order valence-electron chi connectivity index (χ1n) is 10.5. The third-order valence-electron chi connectivity index (χ3n) is 4.90. The predicted octanol–water partition coefficient (Wildman–Crippen LogP) is 4.90. The number of allylic oxidation sites excluding steroid dienone is 1. The molecule has 2 aromatic carbocycles. The molecule has 7 nitrogen and oxygen atoms in total. The molecule has 0 fully saturated rings. The van der Waals surface area contributed by atoms with E-state index in [0.29, 0.717) is 28.2 Å². The lowest BCUT2D eigenvalue weighted by Gasteiger charge is -2.11. The molecular weight excluding hydrogens is 458 g/mol. The third kappa shape index (κ3) is 6.69. The maximum absolute atomic E-state index is 12.6. The largest absolute Gasteiger partial charge is 0.325 e. The molecule has 0 aliphatic carbocycles. The van der Waals surface area contributed by atoms with Gasteiger partial charge in [0, 0.05) is 22.9 Å². The van der Waals surface area contributed by atoms with Gasteiger partial charge in [-0.05, 0) is 42.7 Å². The van der Waals surface area contributed by atoms with Crippen LogP contribution in [-0.2, 0) is 29.0 Å². The van der Waals surface area contributed by atoms with Crippen molar-refractivity contribution in [3.63, 3.8) is 0 Å². The number of benzene rings is 2. The maximum Gasteiger partial charge on any atom is 0.234 e. The van der Waals surface area contributed by atoms with Gasteiger partial charge in [-0.15, -0.1) is 16.8 Å². The molecular formula is C24H26ClN5O2S. The van der Waals surface area contributed by atoms with Crippen molar-refractivity contribution in [2.45, 2.75) is 38.4 Å². The van der Waals surface area contributed by atoms with Crippen LogP contribution >= 0.6 is 23.4 Å². The number of nitrogens with one attached hydrogen (secondary N) is 2. The number of aromatic nitrogens is 3. The van der Waals surface area contributed by atoms with Crippen molar-refractivity contribution >= 4 is 46.6 Å². The van der Waals surface area contributed by atoms with Crippen molar-refractivity contribution in [2.75, 3.05) is 16.4 Å². The fraction of sp³-hybridized carbons (Fsp3) is 0.250. The summed E-state index contributed by atoms with van der Waals surface area (Å²) in [7, 11) is 0. The zero-order chi connectivity index (χ0) is 23.8.